The highest BCUT2D eigenvalue weighted by Gasteiger charge is 2.31. The number of hydrogen-bond donors (Lipinski definition) is 0. The van der Waals surface area contributed by atoms with Gasteiger partial charge in [-0.2, -0.15) is 0 Å². The molecule has 1 aromatic carbocycles. The van der Waals surface area contributed by atoms with Gasteiger partial charge in [-0.3, -0.25) is 0 Å². The van der Waals surface area contributed by atoms with E-state index in [0.717, 1.165) is 24.3 Å². The Labute approximate surface area is 143 Å². The van der Waals surface area contributed by atoms with E-state index in [-0.39, 0.29) is 5.75 Å². The molecular weight excluding hydrogens is 313 g/mol. The van der Waals surface area contributed by atoms with Gasteiger partial charge in [0.15, 0.2) is 0 Å². The third kappa shape index (κ3) is 6.74. The van der Waals surface area contributed by atoms with E-state index in [9.17, 15) is 13.2 Å². The van der Waals surface area contributed by atoms with Crippen LogP contribution in [0.25, 0.3) is 0 Å². The minimum Gasteiger partial charge on any atom is -0.406 e. The van der Waals surface area contributed by atoms with Gasteiger partial charge in [-0.05, 0) is 55.2 Å². The van der Waals surface area contributed by atoms with Crippen LogP contribution in [0, 0.1) is 5.92 Å². The van der Waals surface area contributed by atoms with Crippen molar-refractivity contribution in [3.05, 3.63) is 29.8 Å². The summed E-state index contributed by atoms with van der Waals surface area (Å²) >= 11 is 0. The number of hydrogen-bond acceptors (Lipinski definition) is 1. The van der Waals surface area contributed by atoms with Crippen molar-refractivity contribution in [2.45, 2.75) is 83.4 Å². The molecule has 136 valence electrons. The van der Waals surface area contributed by atoms with E-state index < -0.39 is 6.36 Å². The molecule has 1 aromatic rings. The molecule has 24 heavy (non-hydrogen) atoms. The third-order valence-electron chi connectivity index (χ3n) is 5.15. The van der Waals surface area contributed by atoms with Gasteiger partial charge >= 0.3 is 6.36 Å². The molecule has 1 nitrogen and oxygen atoms in total. The van der Waals surface area contributed by atoms with Crippen LogP contribution in [-0.2, 0) is 0 Å². The van der Waals surface area contributed by atoms with Crippen molar-refractivity contribution in [3.63, 3.8) is 0 Å². The summed E-state index contributed by atoms with van der Waals surface area (Å²) in [5.41, 5.74) is 1.14. The van der Waals surface area contributed by atoms with Crippen LogP contribution in [-0.4, -0.2) is 6.36 Å². The van der Waals surface area contributed by atoms with Crippen molar-refractivity contribution in [2.24, 2.45) is 5.92 Å². The lowest BCUT2D eigenvalue weighted by atomic mass is 9.77. The van der Waals surface area contributed by atoms with Crippen LogP contribution < -0.4 is 4.74 Å². The van der Waals surface area contributed by atoms with E-state index in [4.69, 9.17) is 0 Å². The van der Waals surface area contributed by atoms with Gasteiger partial charge in [0.25, 0.3) is 0 Å². The lowest BCUT2D eigenvalue weighted by Crippen LogP contribution is -2.17. The molecule has 4 heteroatoms. The summed E-state index contributed by atoms with van der Waals surface area (Å²) in [5.74, 6) is 1.20. The van der Waals surface area contributed by atoms with Gasteiger partial charge in [0.05, 0.1) is 0 Å². The molecule has 0 N–H and O–H groups in total. The van der Waals surface area contributed by atoms with Gasteiger partial charge in [-0.25, -0.2) is 0 Å². The number of alkyl halides is 3. The van der Waals surface area contributed by atoms with Gasteiger partial charge in [0.2, 0.25) is 0 Å². The first-order chi connectivity index (χ1) is 11.5. The number of unbranched alkanes of at least 4 members (excludes halogenated alkanes) is 4. The molecule has 0 radical (unpaired) electrons. The highest BCUT2D eigenvalue weighted by Crippen LogP contribution is 2.38. The minimum atomic E-state index is -4.61. The molecule has 0 amide bonds. The van der Waals surface area contributed by atoms with Gasteiger partial charge in [-0.1, -0.05) is 57.6 Å². The smallest absolute Gasteiger partial charge is 0.406 e. The van der Waals surface area contributed by atoms with E-state index in [2.05, 4.69) is 11.7 Å². The first kappa shape index (κ1) is 19.1. The van der Waals surface area contributed by atoms with E-state index in [1.807, 2.05) is 0 Å². The first-order valence-electron chi connectivity index (χ1n) is 9.33. The zero-order valence-electron chi connectivity index (χ0n) is 14.6. The standard InChI is InChI=1S/C20H29F3O/c1-2-3-4-5-6-7-16-8-10-17(11-9-16)18-12-14-19(15-13-18)24-20(21,22)23/h12-17H,2-11H2,1H3. The number of rotatable bonds is 8. The van der Waals surface area contributed by atoms with Crippen molar-refractivity contribution in [1.82, 2.24) is 0 Å². The molecule has 1 aliphatic carbocycles. The Balaban J connectivity index is 1.72. The van der Waals surface area contributed by atoms with Crippen LogP contribution in [0.2, 0.25) is 0 Å². The molecule has 0 aromatic heterocycles. The van der Waals surface area contributed by atoms with E-state index in [1.165, 1.54) is 63.5 Å². The second-order valence-electron chi connectivity index (χ2n) is 7.04. The minimum absolute atomic E-state index is 0.132. The van der Waals surface area contributed by atoms with Crippen molar-refractivity contribution in [3.8, 4) is 5.75 Å². The molecule has 2 rings (SSSR count). The monoisotopic (exact) mass is 342 g/mol. The van der Waals surface area contributed by atoms with Gasteiger partial charge < -0.3 is 4.74 Å². The maximum Gasteiger partial charge on any atom is 0.573 e. The van der Waals surface area contributed by atoms with Crippen LogP contribution >= 0.6 is 0 Å². The molecule has 0 unspecified atom stereocenters. The molecule has 1 fully saturated rings. The Bertz CT molecular complexity index is 459. The summed E-state index contributed by atoms with van der Waals surface area (Å²) in [6, 6.07) is 6.44. The molecule has 0 spiro atoms. The molecule has 1 saturated carbocycles. The Morgan fingerprint density at radius 1 is 0.917 bits per heavy atom. The largest absolute Gasteiger partial charge is 0.573 e. The Morgan fingerprint density at radius 3 is 2.12 bits per heavy atom. The normalized spacial score (nSPS) is 21.7. The van der Waals surface area contributed by atoms with Gasteiger partial charge in [0.1, 0.15) is 5.75 Å². The predicted molar refractivity (Wildman–Crippen MR) is 91.2 cm³/mol. The third-order valence-corrected chi connectivity index (χ3v) is 5.15. The molecular formula is C20H29F3O. The molecule has 0 atom stereocenters. The van der Waals surface area contributed by atoms with Crippen LogP contribution in [0.3, 0.4) is 0 Å². The fourth-order valence-electron chi connectivity index (χ4n) is 3.76. The SMILES string of the molecule is CCCCCCCC1CCC(c2ccc(OC(F)(F)F)cc2)CC1. The van der Waals surface area contributed by atoms with Gasteiger partial charge in [0, 0.05) is 0 Å². The summed E-state index contributed by atoms with van der Waals surface area (Å²) in [6.45, 7) is 2.24. The molecule has 1 aliphatic rings. The summed E-state index contributed by atoms with van der Waals surface area (Å²) in [5, 5.41) is 0. The topological polar surface area (TPSA) is 9.23 Å². The fourth-order valence-corrected chi connectivity index (χ4v) is 3.76. The summed E-state index contributed by atoms with van der Waals surface area (Å²) in [7, 11) is 0. The van der Waals surface area contributed by atoms with Crippen LogP contribution in [0.4, 0.5) is 13.2 Å². The van der Waals surface area contributed by atoms with Crippen molar-refractivity contribution < 1.29 is 17.9 Å². The van der Waals surface area contributed by atoms with Crippen LogP contribution in [0.1, 0.15) is 82.6 Å². The molecule has 0 saturated heterocycles. The van der Waals surface area contributed by atoms with E-state index in [1.54, 1.807) is 12.1 Å². The Kier molecular flexibility index (Phi) is 7.44. The summed E-state index contributed by atoms with van der Waals surface area (Å²) < 4.78 is 40.5. The average molecular weight is 342 g/mol. The molecule has 0 bridgehead atoms. The summed E-state index contributed by atoms with van der Waals surface area (Å²) in [6.07, 6.45) is 8.23. The van der Waals surface area contributed by atoms with Crippen molar-refractivity contribution in [1.29, 1.82) is 0 Å². The average Bonchev–Trinajstić information content (AvgIpc) is 2.55. The lowest BCUT2D eigenvalue weighted by Gasteiger charge is -2.29. The lowest BCUT2D eigenvalue weighted by molar-refractivity contribution is -0.274. The van der Waals surface area contributed by atoms with Crippen LogP contribution in [0.5, 0.6) is 5.75 Å². The Hall–Kier alpha value is -1.19. The zero-order valence-corrected chi connectivity index (χ0v) is 14.6. The fraction of sp³-hybridized carbons (Fsp3) is 0.700. The van der Waals surface area contributed by atoms with Gasteiger partial charge in [-0.15, -0.1) is 13.2 Å². The quantitative estimate of drug-likeness (QED) is 0.453. The van der Waals surface area contributed by atoms with E-state index in [0.29, 0.717) is 5.92 Å². The second-order valence-corrected chi connectivity index (χ2v) is 7.04. The predicted octanol–water partition coefficient (Wildman–Crippen LogP) is 7.22. The van der Waals surface area contributed by atoms with Crippen LogP contribution in [0.15, 0.2) is 24.3 Å². The van der Waals surface area contributed by atoms with E-state index >= 15 is 0 Å². The van der Waals surface area contributed by atoms with Crippen molar-refractivity contribution in [2.75, 3.05) is 0 Å². The Morgan fingerprint density at radius 2 is 1.54 bits per heavy atom. The summed E-state index contributed by atoms with van der Waals surface area (Å²) in [4.78, 5) is 0. The second kappa shape index (κ2) is 9.33. The molecule has 0 heterocycles. The number of ether oxygens (including phenoxy) is 1. The molecule has 0 aliphatic heterocycles. The highest BCUT2D eigenvalue weighted by atomic mass is 19.4. The number of benzene rings is 1. The maximum atomic E-state index is 12.2. The number of halogens is 3. The highest BCUT2D eigenvalue weighted by molar-refractivity contribution is 5.29. The maximum absolute atomic E-state index is 12.2. The first-order valence-corrected chi connectivity index (χ1v) is 9.33. The zero-order chi connectivity index (χ0) is 17.4. The van der Waals surface area contributed by atoms with Crippen molar-refractivity contribution >= 4 is 0 Å².